The summed E-state index contributed by atoms with van der Waals surface area (Å²) in [7, 11) is 0. The number of allylic oxidation sites excluding steroid dienone is 2. The molecule has 2 aromatic rings. The molecule has 166 valence electrons. The number of hydrogen-bond donors (Lipinski definition) is 4. The van der Waals surface area contributed by atoms with E-state index in [0.29, 0.717) is 5.70 Å². The predicted octanol–water partition coefficient (Wildman–Crippen LogP) is 4.11. The summed E-state index contributed by atoms with van der Waals surface area (Å²) in [5.74, 6) is -0.286. The van der Waals surface area contributed by atoms with Crippen molar-refractivity contribution < 1.29 is 14.3 Å². The lowest BCUT2D eigenvalue weighted by molar-refractivity contribution is -0.128. The number of amides is 1. The molecule has 0 radical (unpaired) electrons. The molecule has 6 heteroatoms. The van der Waals surface area contributed by atoms with E-state index in [4.69, 9.17) is 0 Å². The number of aryl methyl sites for hydroxylation is 1. The Balaban J connectivity index is 1.38. The van der Waals surface area contributed by atoms with Gasteiger partial charge in [0.25, 0.3) is 0 Å². The van der Waals surface area contributed by atoms with Crippen molar-refractivity contribution in [1.29, 1.82) is 0 Å². The molecule has 5 nitrogen and oxygen atoms in total. The van der Waals surface area contributed by atoms with Gasteiger partial charge in [-0.2, -0.15) is 0 Å². The van der Waals surface area contributed by atoms with Crippen molar-refractivity contribution in [3.8, 4) is 0 Å². The van der Waals surface area contributed by atoms with Gasteiger partial charge in [0.05, 0.1) is 6.54 Å². The molecule has 4 N–H and O–H groups in total. The van der Waals surface area contributed by atoms with Crippen LogP contribution >= 0.6 is 0 Å². The number of aliphatic hydroxyl groups is 1. The number of fused-ring (bicyclic) bond motifs is 1. The van der Waals surface area contributed by atoms with Gasteiger partial charge in [-0.05, 0) is 67.4 Å². The van der Waals surface area contributed by atoms with Crippen molar-refractivity contribution in [3.05, 3.63) is 59.7 Å². The van der Waals surface area contributed by atoms with E-state index in [1.165, 1.54) is 23.1 Å². The normalized spacial score (nSPS) is 19.2. The first-order valence-electron chi connectivity index (χ1n) is 11.3. The van der Waals surface area contributed by atoms with Crippen molar-refractivity contribution in [1.82, 2.24) is 15.6 Å². The number of benzene rings is 1. The molecule has 0 bridgehead atoms. The minimum atomic E-state index is -0.864. The number of H-pyrrole nitrogens is 1. The van der Waals surface area contributed by atoms with Crippen LogP contribution in [-0.2, 0) is 11.2 Å². The Morgan fingerprint density at radius 1 is 1.29 bits per heavy atom. The number of halogens is 1. The zero-order valence-electron chi connectivity index (χ0n) is 18.1. The van der Waals surface area contributed by atoms with Crippen molar-refractivity contribution in [2.24, 2.45) is 11.3 Å². The average molecular weight is 426 g/mol. The van der Waals surface area contributed by atoms with Crippen molar-refractivity contribution in [2.45, 2.75) is 51.6 Å². The maximum absolute atomic E-state index is 13.1. The van der Waals surface area contributed by atoms with E-state index in [9.17, 15) is 14.3 Å². The molecule has 2 aliphatic rings. The van der Waals surface area contributed by atoms with Crippen molar-refractivity contribution in [3.63, 3.8) is 0 Å². The zero-order valence-corrected chi connectivity index (χ0v) is 18.1. The molecular formula is C25H32FN3O2. The first-order valence-corrected chi connectivity index (χ1v) is 11.3. The average Bonchev–Trinajstić information content (AvgIpc) is 3.40. The lowest BCUT2D eigenvalue weighted by Gasteiger charge is -2.27. The summed E-state index contributed by atoms with van der Waals surface area (Å²) in [6.07, 6.45) is 9.90. The van der Waals surface area contributed by atoms with Gasteiger partial charge >= 0.3 is 0 Å². The molecule has 1 aromatic carbocycles. The van der Waals surface area contributed by atoms with Gasteiger partial charge in [0.1, 0.15) is 11.9 Å². The van der Waals surface area contributed by atoms with E-state index in [2.05, 4.69) is 46.8 Å². The molecule has 31 heavy (non-hydrogen) atoms. The van der Waals surface area contributed by atoms with E-state index < -0.39 is 6.10 Å². The molecule has 4 rings (SSSR count). The van der Waals surface area contributed by atoms with E-state index in [-0.39, 0.29) is 36.2 Å². The number of carbonyl (C=O) groups is 1. The van der Waals surface area contributed by atoms with Crippen LogP contribution in [0.25, 0.3) is 10.9 Å². The highest BCUT2D eigenvalue weighted by atomic mass is 19.1. The van der Waals surface area contributed by atoms with E-state index in [1.807, 2.05) is 6.20 Å². The summed E-state index contributed by atoms with van der Waals surface area (Å²) in [5.41, 5.74) is 3.07. The predicted molar refractivity (Wildman–Crippen MR) is 121 cm³/mol. The maximum Gasteiger partial charge on any atom is 0.223 e. The molecule has 0 unspecified atom stereocenters. The van der Waals surface area contributed by atoms with Crippen molar-refractivity contribution >= 4 is 16.8 Å². The van der Waals surface area contributed by atoms with Gasteiger partial charge < -0.3 is 20.7 Å². The number of rotatable bonds is 10. The summed E-state index contributed by atoms with van der Waals surface area (Å²) in [6.45, 7) is 2.32. The van der Waals surface area contributed by atoms with Gasteiger partial charge in [0.2, 0.25) is 5.91 Å². The SMILES string of the molecule is CCC[C@H](C(=O)NC[C@H](O)C1=CC=C(F)CN1)C1(CCc2cccc3[nH]ccc23)CC1. The second-order valence-corrected chi connectivity index (χ2v) is 8.91. The van der Waals surface area contributed by atoms with Crippen LogP contribution in [0.1, 0.15) is 44.6 Å². The molecule has 2 atom stereocenters. The summed E-state index contributed by atoms with van der Waals surface area (Å²) in [6, 6.07) is 8.47. The van der Waals surface area contributed by atoms with Gasteiger partial charge in [-0.15, -0.1) is 0 Å². The summed E-state index contributed by atoms with van der Waals surface area (Å²) < 4.78 is 13.1. The highest BCUT2D eigenvalue weighted by Gasteiger charge is 2.51. The number of carbonyl (C=O) groups excluding carboxylic acids is 1. The number of aliphatic hydroxyl groups excluding tert-OH is 1. The van der Waals surface area contributed by atoms with Crippen LogP contribution in [0.3, 0.4) is 0 Å². The minimum absolute atomic E-state index is 0.0244. The second kappa shape index (κ2) is 9.27. The monoisotopic (exact) mass is 425 g/mol. The fourth-order valence-corrected chi connectivity index (χ4v) is 4.83. The highest BCUT2D eigenvalue weighted by Crippen LogP contribution is 2.57. The van der Waals surface area contributed by atoms with Gasteiger partial charge in [0.15, 0.2) is 0 Å². The minimum Gasteiger partial charge on any atom is -0.385 e. The van der Waals surface area contributed by atoms with E-state index in [1.54, 1.807) is 0 Å². The quantitative estimate of drug-likeness (QED) is 0.463. The van der Waals surface area contributed by atoms with Gasteiger partial charge in [-0.1, -0.05) is 25.5 Å². The first kappa shape index (κ1) is 21.6. The Bertz CT molecular complexity index is 990. The van der Waals surface area contributed by atoms with Gasteiger partial charge in [-0.25, -0.2) is 4.39 Å². The zero-order chi connectivity index (χ0) is 21.8. The lowest BCUT2D eigenvalue weighted by atomic mass is 9.80. The Morgan fingerprint density at radius 3 is 2.84 bits per heavy atom. The van der Waals surface area contributed by atoms with Crippen LogP contribution < -0.4 is 10.6 Å². The third-order valence-electron chi connectivity index (χ3n) is 6.84. The topological polar surface area (TPSA) is 77.2 Å². The molecule has 0 spiro atoms. The fourth-order valence-electron chi connectivity index (χ4n) is 4.83. The van der Waals surface area contributed by atoms with Crippen LogP contribution in [0, 0.1) is 11.3 Å². The number of hydrogen-bond acceptors (Lipinski definition) is 3. The van der Waals surface area contributed by atoms with Gasteiger partial charge in [-0.3, -0.25) is 4.79 Å². The molecule has 2 heterocycles. The third-order valence-corrected chi connectivity index (χ3v) is 6.84. The Hall–Kier alpha value is -2.60. The molecule has 1 aromatic heterocycles. The lowest BCUT2D eigenvalue weighted by Crippen LogP contribution is -2.42. The van der Waals surface area contributed by atoms with Crippen LogP contribution in [-0.4, -0.2) is 35.2 Å². The summed E-state index contributed by atoms with van der Waals surface area (Å²) in [5, 5.41) is 17.4. The summed E-state index contributed by atoms with van der Waals surface area (Å²) in [4.78, 5) is 16.4. The first-order chi connectivity index (χ1) is 15.0. The standard InChI is InChI=1S/C25H32FN3O2/c1-2-4-20(24(31)29-16-23(30)22-8-7-18(26)15-28-22)25(12-13-25)11-9-17-5-3-6-21-19(17)10-14-27-21/h3,5-8,10,14,20,23,27-28,30H,2,4,9,11-13,15-16H2,1H3,(H,29,31)/t20-,23+/m1/s1. The number of aromatic nitrogens is 1. The van der Waals surface area contributed by atoms with E-state index >= 15 is 0 Å². The molecule has 1 fully saturated rings. The number of nitrogens with one attached hydrogen (secondary N) is 3. The molecule has 1 amide bonds. The Kier molecular flexibility index (Phi) is 6.46. The maximum atomic E-state index is 13.1. The van der Waals surface area contributed by atoms with E-state index in [0.717, 1.165) is 44.0 Å². The number of aromatic amines is 1. The third kappa shape index (κ3) is 4.85. The number of dihydropyridines is 1. The van der Waals surface area contributed by atoms with Crippen LogP contribution in [0.5, 0.6) is 0 Å². The van der Waals surface area contributed by atoms with Gasteiger partial charge in [0, 0.05) is 35.3 Å². The van der Waals surface area contributed by atoms with Crippen LogP contribution in [0.4, 0.5) is 4.39 Å². The molecule has 1 aliphatic heterocycles. The Labute approximate surface area is 182 Å². The molecule has 0 saturated heterocycles. The van der Waals surface area contributed by atoms with Crippen LogP contribution in [0.2, 0.25) is 0 Å². The van der Waals surface area contributed by atoms with Crippen LogP contribution in [0.15, 0.2) is 54.1 Å². The largest absolute Gasteiger partial charge is 0.385 e. The molecule has 1 aliphatic carbocycles. The highest BCUT2D eigenvalue weighted by molar-refractivity contribution is 5.83. The van der Waals surface area contributed by atoms with Crippen molar-refractivity contribution in [2.75, 3.05) is 13.1 Å². The summed E-state index contributed by atoms with van der Waals surface area (Å²) >= 11 is 0. The molecular weight excluding hydrogens is 393 g/mol. The smallest absolute Gasteiger partial charge is 0.223 e. The fraction of sp³-hybridized carbons (Fsp3) is 0.480. The molecule has 1 saturated carbocycles. The Morgan fingerprint density at radius 2 is 2.13 bits per heavy atom. The second-order valence-electron chi connectivity index (χ2n) is 8.91.